The van der Waals surface area contributed by atoms with E-state index >= 15 is 0 Å². The van der Waals surface area contributed by atoms with Gasteiger partial charge < -0.3 is 20.3 Å². The van der Waals surface area contributed by atoms with Crippen LogP contribution >= 0.6 is 0 Å². The summed E-state index contributed by atoms with van der Waals surface area (Å²) in [6.07, 6.45) is 2.47. The van der Waals surface area contributed by atoms with Gasteiger partial charge in [-0.3, -0.25) is 9.97 Å². The van der Waals surface area contributed by atoms with Crippen molar-refractivity contribution in [3.63, 3.8) is 0 Å². The number of rotatable bonds is 6. The number of fused-ring (bicyclic) bond motifs is 1. The molecule has 0 aliphatic heterocycles. The fourth-order valence-corrected chi connectivity index (χ4v) is 3.72. The fourth-order valence-electron chi connectivity index (χ4n) is 3.72. The van der Waals surface area contributed by atoms with E-state index < -0.39 is 0 Å². The highest BCUT2D eigenvalue weighted by Crippen LogP contribution is 2.40. The molecule has 0 fully saturated rings. The van der Waals surface area contributed by atoms with Crippen LogP contribution in [0.1, 0.15) is 22.8 Å². The summed E-state index contributed by atoms with van der Waals surface area (Å²) >= 11 is 0. The smallest absolute Gasteiger partial charge is 0.141 e. The summed E-state index contributed by atoms with van der Waals surface area (Å²) < 4.78 is 11.0. The van der Waals surface area contributed by atoms with Crippen molar-refractivity contribution >= 4 is 22.3 Å². The Kier molecular flexibility index (Phi) is 5.27. The molecule has 0 aliphatic rings. The number of hydrogen-bond acceptors (Lipinski definition) is 7. The molecule has 4 aromatic rings. The van der Waals surface area contributed by atoms with E-state index in [2.05, 4.69) is 20.4 Å². The van der Waals surface area contributed by atoms with Crippen molar-refractivity contribution in [2.24, 2.45) is 0 Å². The summed E-state index contributed by atoms with van der Waals surface area (Å²) in [5, 5.41) is 8.43. The van der Waals surface area contributed by atoms with E-state index in [0.29, 0.717) is 18.0 Å². The van der Waals surface area contributed by atoms with Gasteiger partial charge in [-0.1, -0.05) is 11.2 Å². The summed E-state index contributed by atoms with van der Waals surface area (Å²) in [6.45, 7) is 6.50. The minimum Gasteiger partial charge on any atom is -0.496 e. The molecule has 0 atom stereocenters. The molecular formula is C23H25N5O2. The number of benzene rings is 1. The number of pyridine rings is 2. The van der Waals surface area contributed by atoms with Crippen LogP contribution in [0.15, 0.2) is 41.1 Å². The molecule has 7 nitrogen and oxygen atoms in total. The van der Waals surface area contributed by atoms with E-state index in [0.717, 1.165) is 57.0 Å². The highest BCUT2D eigenvalue weighted by atomic mass is 16.5. The number of nitrogens with zero attached hydrogens (tertiary/aromatic N) is 3. The van der Waals surface area contributed by atoms with Crippen molar-refractivity contribution in [2.75, 3.05) is 24.7 Å². The first kappa shape index (κ1) is 19.7. The van der Waals surface area contributed by atoms with Crippen LogP contribution in [-0.2, 0) is 6.42 Å². The lowest BCUT2D eigenvalue weighted by Crippen LogP contribution is -2.09. The van der Waals surface area contributed by atoms with E-state index in [1.54, 1.807) is 13.3 Å². The Hall–Kier alpha value is -3.61. The Bertz CT molecular complexity index is 1200. The minimum atomic E-state index is 0.590. The molecule has 154 valence electrons. The van der Waals surface area contributed by atoms with Crippen molar-refractivity contribution in [2.45, 2.75) is 27.2 Å². The Morgan fingerprint density at radius 3 is 2.70 bits per heavy atom. The van der Waals surface area contributed by atoms with Gasteiger partial charge in [0.25, 0.3) is 0 Å². The summed E-state index contributed by atoms with van der Waals surface area (Å²) in [7, 11) is 1.65. The van der Waals surface area contributed by atoms with Gasteiger partial charge in [-0.2, -0.15) is 0 Å². The molecular weight excluding hydrogens is 378 g/mol. The third-order valence-electron chi connectivity index (χ3n) is 5.15. The van der Waals surface area contributed by atoms with E-state index in [1.807, 2.05) is 51.1 Å². The molecule has 0 spiro atoms. The van der Waals surface area contributed by atoms with Gasteiger partial charge in [0.2, 0.25) is 0 Å². The summed E-state index contributed by atoms with van der Waals surface area (Å²) in [5.41, 5.74) is 13.2. The first-order chi connectivity index (χ1) is 14.5. The Balaban J connectivity index is 1.71. The van der Waals surface area contributed by atoms with Gasteiger partial charge in [0.05, 0.1) is 41.5 Å². The maximum atomic E-state index is 6.26. The molecule has 0 saturated carbocycles. The van der Waals surface area contributed by atoms with Crippen molar-refractivity contribution < 1.29 is 9.26 Å². The zero-order valence-corrected chi connectivity index (χ0v) is 17.6. The van der Waals surface area contributed by atoms with E-state index in [4.69, 9.17) is 15.0 Å². The number of nitrogen functional groups attached to an aromatic ring is 1. The normalized spacial score (nSPS) is 11.1. The van der Waals surface area contributed by atoms with Crippen molar-refractivity contribution in [1.82, 2.24) is 15.1 Å². The van der Waals surface area contributed by atoms with Crippen molar-refractivity contribution in [3.8, 4) is 16.9 Å². The summed E-state index contributed by atoms with van der Waals surface area (Å²) in [6, 6.07) is 10.0. The first-order valence-corrected chi connectivity index (χ1v) is 9.83. The lowest BCUT2D eigenvalue weighted by atomic mass is 10.00. The van der Waals surface area contributed by atoms with Gasteiger partial charge in [-0.25, -0.2) is 0 Å². The third kappa shape index (κ3) is 3.66. The molecule has 0 saturated heterocycles. The van der Waals surface area contributed by atoms with Crippen molar-refractivity contribution in [3.05, 3.63) is 59.4 Å². The van der Waals surface area contributed by atoms with Crippen molar-refractivity contribution in [1.29, 1.82) is 0 Å². The second-order valence-corrected chi connectivity index (χ2v) is 7.30. The van der Waals surface area contributed by atoms with Gasteiger partial charge in [-0.15, -0.1) is 0 Å². The average Bonchev–Trinajstić information content (AvgIpc) is 3.06. The maximum Gasteiger partial charge on any atom is 0.141 e. The maximum absolute atomic E-state index is 6.26. The molecule has 30 heavy (non-hydrogen) atoms. The van der Waals surface area contributed by atoms with Crippen LogP contribution in [0.2, 0.25) is 0 Å². The summed E-state index contributed by atoms with van der Waals surface area (Å²) in [5.74, 6) is 1.46. The average molecular weight is 403 g/mol. The number of anilines is 2. The van der Waals surface area contributed by atoms with Crippen LogP contribution in [0.4, 0.5) is 11.4 Å². The van der Waals surface area contributed by atoms with E-state index in [9.17, 15) is 0 Å². The Morgan fingerprint density at radius 2 is 2.00 bits per heavy atom. The Labute approximate surface area is 175 Å². The van der Waals surface area contributed by atoms with Crippen LogP contribution in [0.25, 0.3) is 22.0 Å². The number of nitrogens with two attached hydrogens (primary N) is 1. The monoisotopic (exact) mass is 403 g/mol. The Morgan fingerprint density at radius 1 is 1.17 bits per heavy atom. The molecule has 0 aliphatic carbocycles. The summed E-state index contributed by atoms with van der Waals surface area (Å²) in [4.78, 5) is 9.10. The zero-order valence-electron chi connectivity index (χ0n) is 17.6. The number of nitrogens with one attached hydrogen (secondary N) is 1. The van der Waals surface area contributed by atoms with Crippen LogP contribution < -0.4 is 15.8 Å². The predicted molar refractivity (Wildman–Crippen MR) is 119 cm³/mol. The van der Waals surface area contributed by atoms with Gasteiger partial charge in [0.1, 0.15) is 11.5 Å². The molecule has 0 bridgehead atoms. The quantitative estimate of drug-likeness (QED) is 0.490. The molecule has 3 aromatic heterocycles. The van der Waals surface area contributed by atoms with Gasteiger partial charge in [0.15, 0.2) is 0 Å². The third-order valence-corrected chi connectivity index (χ3v) is 5.15. The molecule has 7 heteroatoms. The number of ether oxygens (including phenoxy) is 1. The topological polar surface area (TPSA) is 99.1 Å². The van der Waals surface area contributed by atoms with Crippen LogP contribution in [0.3, 0.4) is 0 Å². The molecule has 1 aromatic carbocycles. The van der Waals surface area contributed by atoms with Crippen LogP contribution in [0.5, 0.6) is 5.75 Å². The van der Waals surface area contributed by atoms with Gasteiger partial charge >= 0.3 is 0 Å². The zero-order chi connectivity index (χ0) is 21.3. The molecule has 3 N–H and O–H groups in total. The highest BCUT2D eigenvalue weighted by molar-refractivity contribution is 6.00. The predicted octanol–water partition coefficient (Wildman–Crippen LogP) is 4.46. The molecule has 0 radical (unpaired) electrons. The SMILES string of the molecule is COc1cc2c(NCCc3cccc(C)n3)c(N)cnc2cc1-c1c(C)noc1C. The number of aryl methyl sites for hydroxylation is 3. The number of methoxy groups -OCH3 is 1. The second-order valence-electron chi connectivity index (χ2n) is 7.30. The largest absolute Gasteiger partial charge is 0.496 e. The fraction of sp³-hybridized carbons (Fsp3) is 0.261. The number of hydrogen-bond donors (Lipinski definition) is 2. The molecule has 0 amide bonds. The molecule has 4 rings (SSSR count). The standard InChI is InChI=1S/C23H25N5O2/c1-13-6-5-7-16(27-13)8-9-25-23-17-11-21(29-4)18(10-20(17)26-12-19(23)24)22-14(2)28-30-15(22)3/h5-7,10-12H,8-9,24H2,1-4H3,(H,25,26). The van der Waals surface area contributed by atoms with Crippen LogP contribution in [0, 0.1) is 20.8 Å². The lowest BCUT2D eigenvalue weighted by Gasteiger charge is -2.15. The van der Waals surface area contributed by atoms with Gasteiger partial charge in [0, 0.05) is 35.3 Å². The van der Waals surface area contributed by atoms with E-state index in [-0.39, 0.29) is 0 Å². The highest BCUT2D eigenvalue weighted by Gasteiger charge is 2.19. The lowest BCUT2D eigenvalue weighted by molar-refractivity contribution is 0.393. The number of aromatic nitrogens is 3. The molecule has 3 heterocycles. The minimum absolute atomic E-state index is 0.590. The van der Waals surface area contributed by atoms with Crippen LogP contribution in [-0.4, -0.2) is 28.8 Å². The molecule has 0 unspecified atom stereocenters. The second kappa shape index (κ2) is 8.02. The van der Waals surface area contributed by atoms with E-state index in [1.165, 1.54) is 0 Å². The van der Waals surface area contributed by atoms with Gasteiger partial charge in [-0.05, 0) is 45.0 Å². The first-order valence-electron chi connectivity index (χ1n) is 9.83.